The molecule has 0 amide bonds. The Balaban J connectivity index is 1.35. The second kappa shape index (κ2) is 9.61. The Hall–Kier alpha value is -4.74. The maximum Gasteiger partial charge on any atom is 0.0602 e. The average Bonchev–Trinajstić information content (AvgIpc) is 3.01. The van der Waals surface area contributed by atoms with E-state index in [1.54, 1.807) is 0 Å². The molecular formula is C33H22N4S. The molecular weight excluding hydrogens is 484 g/mol. The Labute approximate surface area is 225 Å². The normalized spacial score (nSPS) is 12.1. The fourth-order valence-corrected chi connectivity index (χ4v) is 6.02. The summed E-state index contributed by atoms with van der Waals surface area (Å²) in [6.07, 6.45) is 11.0. The summed E-state index contributed by atoms with van der Waals surface area (Å²) in [6.45, 7) is 0. The molecule has 0 bridgehead atoms. The van der Waals surface area contributed by atoms with Crippen LogP contribution in [-0.2, 0) is 0 Å². The summed E-state index contributed by atoms with van der Waals surface area (Å²) in [4.78, 5) is 17.3. The highest BCUT2D eigenvalue weighted by Crippen LogP contribution is 2.53. The standard InChI is InChI=1S/C33H22N4S/c1-5-29(6-2-23(1)24-9-15-34-16-10-24)37-30-7-3-27(25-11-17-35-18-12-25)21-32(30)38-33-22-28(4-8-31(33)37)26-13-19-36-20-14-26/h1-22H. The number of aromatic nitrogens is 3. The van der Waals surface area contributed by atoms with Crippen molar-refractivity contribution in [3.8, 4) is 33.4 Å². The van der Waals surface area contributed by atoms with E-state index >= 15 is 0 Å². The first-order valence-electron chi connectivity index (χ1n) is 12.4. The van der Waals surface area contributed by atoms with Crippen molar-refractivity contribution in [3.05, 3.63) is 134 Å². The zero-order valence-corrected chi connectivity index (χ0v) is 21.2. The summed E-state index contributed by atoms with van der Waals surface area (Å²) >= 11 is 1.82. The smallest absolute Gasteiger partial charge is 0.0602 e. The van der Waals surface area contributed by atoms with Gasteiger partial charge in [-0.1, -0.05) is 36.0 Å². The van der Waals surface area contributed by atoms with E-state index in [0.29, 0.717) is 0 Å². The third-order valence-corrected chi connectivity index (χ3v) is 7.88. The number of anilines is 3. The van der Waals surface area contributed by atoms with Gasteiger partial charge in [0.05, 0.1) is 11.4 Å². The highest BCUT2D eigenvalue weighted by Gasteiger charge is 2.26. The van der Waals surface area contributed by atoms with E-state index in [0.717, 1.165) is 22.4 Å². The van der Waals surface area contributed by atoms with E-state index in [9.17, 15) is 0 Å². The molecule has 3 aromatic carbocycles. The number of pyridine rings is 3. The molecule has 5 heteroatoms. The summed E-state index contributed by atoms with van der Waals surface area (Å²) < 4.78 is 0. The van der Waals surface area contributed by atoms with Crippen molar-refractivity contribution in [2.75, 3.05) is 4.90 Å². The number of fused-ring (bicyclic) bond motifs is 2. The highest BCUT2D eigenvalue weighted by atomic mass is 32.2. The van der Waals surface area contributed by atoms with Crippen molar-refractivity contribution < 1.29 is 0 Å². The van der Waals surface area contributed by atoms with Crippen LogP contribution in [0.4, 0.5) is 17.1 Å². The van der Waals surface area contributed by atoms with Crippen molar-refractivity contribution in [1.82, 2.24) is 15.0 Å². The SMILES string of the molecule is c1cc(-c2ccc(N3c4ccc(-c5ccncc5)cc4Sc4cc(-c5ccncc5)ccc43)cc2)ccn1. The van der Waals surface area contributed by atoms with Gasteiger partial charge in [0, 0.05) is 52.7 Å². The first-order chi connectivity index (χ1) is 18.8. The van der Waals surface area contributed by atoms with E-state index in [4.69, 9.17) is 0 Å². The van der Waals surface area contributed by atoms with Crippen LogP contribution < -0.4 is 4.90 Å². The largest absolute Gasteiger partial charge is 0.308 e. The minimum atomic E-state index is 1.12. The van der Waals surface area contributed by atoms with Gasteiger partial charge in [0.25, 0.3) is 0 Å². The van der Waals surface area contributed by atoms with Crippen molar-refractivity contribution in [2.24, 2.45) is 0 Å². The molecule has 0 N–H and O–H groups in total. The van der Waals surface area contributed by atoms with Crippen molar-refractivity contribution in [2.45, 2.75) is 9.79 Å². The van der Waals surface area contributed by atoms with Crippen LogP contribution in [0.15, 0.2) is 144 Å². The molecule has 0 unspecified atom stereocenters. The van der Waals surface area contributed by atoms with Gasteiger partial charge in [-0.05, 0) is 106 Å². The molecule has 7 rings (SSSR count). The second-order valence-corrected chi connectivity index (χ2v) is 10.1. The Morgan fingerprint density at radius 2 is 0.763 bits per heavy atom. The van der Waals surface area contributed by atoms with Gasteiger partial charge in [-0.25, -0.2) is 0 Å². The van der Waals surface area contributed by atoms with Gasteiger partial charge < -0.3 is 4.90 Å². The molecule has 180 valence electrons. The molecule has 3 aromatic heterocycles. The molecule has 0 atom stereocenters. The Bertz CT molecular complexity index is 1630. The Kier molecular flexibility index (Phi) is 5.68. The first kappa shape index (κ1) is 22.5. The summed E-state index contributed by atoms with van der Waals surface area (Å²) in [6, 6.07) is 34.5. The quantitative estimate of drug-likeness (QED) is 0.239. The van der Waals surface area contributed by atoms with Gasteiger partial charge in [-0.2, -0.15) is 0 Å². The van der Waals surface area contributed by atoms with Gasteiger partial charge in [-0.3, -0.25) is 15.0 Å². The third kappa shape index (κ3) is 4.13. The van der Waals surface area contributed by atoms with Crippen LogP contribution in [0.25, 0.3) is 33.4 Å². The molecule has 0 spiro atoms. The number of hydrogen-bond acceptors (Lipinski definition) is 5. The molecule has 4 heterocycles. The molecule has 1 aliphatic rings. The minimum absolute atomic E-state index is 1.12. The molecule has 1 aliphatic heterocycles. The summed E-state index contributed by atoms with van der Waals surface area (Å²) in [7, 11) is 0. The van der Waals surface area contributed by atoms with Crippen LogP contribution in [0.3, 0.4) is 0 Å². The van der Waals surface area contributed by atoms with E-state index in [1.807, 2.05) is 61.1 Å². The summed E-state index contributed by atoms with van der Waals surface area (Å²) in [5.74, 6) is 0. The van der Waals surface area contributed by atoms with Gasteiger partial charge in [0.1, 0.15) is 0 Å². The maximum atomic E-state index is 4.19. The van der Waals surface area contributed by atoms with E-state index < -0.39 is 0 Å². The fraction of sp³-hybridized carbons (Fsp3) is 0. The number of nitrogens with zero attached hydrogens (tertiary/aromatic N) is 4. The van der Waals surface area contributed by atoms with Crippen LogP contribution in [0.1, 0.15) is 0 Å². The predicted molar refractivity (Wildman–Crippen MR) is 155 cm³/mol. The van der Waals surface area contributed by atoms with Crippen LogP contribution in [0.2, 0.25) is 0 Å². The first-order valence-corrected chi connectivity index (χ1v) is 13.2. The minimum Gasteiger partial charge on any atom is -0.308 e. The summed E-state index contributed by atoms with van der Waals surface area (Å²) in [5.41, 5.74) is 10.5. The topological polar surface area (TPSA) is 41.9 Å². The van der Waals surface area contributed by atoms with Crippen LogP contribution in [0.5, 0.6) is 0 Å². The number of rotatable bonds is 4. The fourth-order valence-electron chi connectivity index (χ4n) is 4.88. The molecule has 0 saturated heterocycles. The zero-order valence-electron chi connectivity index (χ0n) is 20.4. The number of benzene rings is 3. The van der Waals surface area contributed by atoms with Crippen molar-refractivity contribution in [3.63, 3.8) is 0 Å². The molecule has 38 heavy (non-hydrogen) atoms. The lowest BCUT2D eigenvalue weighted by atomic mass is 10.0. The maximum absolute atomic E-state index is 4.19. The molecule has 6 aromatic rings. The molecule has 0 fully saturated rings. The molecule has 0 radical (unpaired) electrons. The zero-order chi connectivity index (χ0) is 25.3. The second-order valence-electron chi connectivity index (χ2n) is 9.06. The summed E-state index contributed by atoms with van der Waals surface area (Å²) in [5, 5.41) is 0. The Morgan fingerprint density at radius 1 is 0.395 bits per heavy atom. The van der Waals surface area contributed by atoms with Gasteiger partial charge in [-0.15, -0.1) is 0 Å². The number of hydrogen-bond donors (Lipinski definition) is 0. The van der Waals surface area contributed by atoms with E-state index in [2.05, 4.69) is 105 Å². The van der Waals surface area contributed by atoms with Gasteiger partial charge in [0.15, 0.2) is 0 Å². The van der Waals surface area contributed by atoms with Gasteiger partial charge >= 0.3 is 0 Å². The molecule has 4 nitrogen and oxygen atoms in total. The predicted octanol–water partition coefficient (Wildman–Crippen LogP) is 8.81. The monoisotopic (exact) mass is 506 g/mol. The Morgan fingerprint density at radius 3 is 1.21 bits per heavy atom. The van der Waals surface area contributed by atoms with Crippen LogP contribution in [-0.4, -0.2) is 15.0 Å². The lowest BCUT2D eigenvalue weighted by Crippen LogP contribution is -2.15. The van der Waals surface area contributed by atoms with Crippen LogP contribution >= 0.6 is 11.8 Å². The lowest BCUT2D eigenvalue weighted by Gasteiger charge is -2.33. The van der Waals surface area contributed by atoms with Crippen molar-refractivity contribution >= 4 is 28.8 Å². The highest BCUT2D eigenvalue weighted by molar-refractivity contribution is 7.99. The average molecular weight is 507 g/mol. The van der Waals surface area contributed by atoms with E-state index in [1.165, 1.54) is 37.9 Å². The molecule has 0 aliphatic carbocycles. The van der Waals surface area contributed by atoms with Crippen molar-refractivity contribution in [1.29, 1.82) is 0 Å². The van der Waals surface area contributed by atoms with Gasteiger partial charge in [0.2, 0.25) is 0 Å². The molecule has 0 saturated carbocycles. The third-order valence-electron chi connectivity index (χ3n) is 6.79. The van der Waals surface area contributed by atoms with E-state index in [-0.39, 0.29) is 0 Å². The van der Waals surface area contributed by atoms with Crippen LogP contribution in [0, 0.1) is 0 Å². The lowest BCUT2D eigenvalue weighted by molar-refractivity contribution is 1.17.